The summed E-state index contributed by atoms with van der Waals surface area (Å²) in [7, 11) is 0. The third-order valence-electron chi connectivity index (χ3n) is 2.90. The highest BCUT2D eigenvalue weighted by molar-refractivity contribution is 5.12. The van der Waals surface area contributed by atoms with Gasteiger partial charge in [0.2, 0.25) is 0 Å². The van der Waals surface area contributed by atoms with Crippen molar-refractivity contribution in [2.75, 3.05) is 0 Å². The van der Waals surface area contributed by atoms with Gasteiger partial charge in [-0.15, -0.1) is 0 Å². The monoisotopic (exact) mass is 220 g/mol. The van der Waals surface area contributed by atoms with Crippen molar-refractivity contribution in [2.24, 2.45) is 5.92 Å². The molecule has 16 heavy (non-hydrogen) atoms. The van der Waals surface area contributed by atoms with Crippen LogP contribution in [0.1, 0.15) is 52.1 Å². The highest BCUT2D eigenvalue weighted by atomic mass is 14.9. The molecule has 0 amide bonds. The zero-order valence-electron chi connectivity index (χ0n) is 10.9. The van der Waals surface area contributed by atoms with Crippen LogP contribution in [0.5, 0.6) is 0 Å². The standard InChI is InChI=1S/C14H24N2/c1-11(2)7-8-12(3)16-13(4)14-6-5-9-15-10-14/h5-6,9-13,16H,7-8H2,1-4H3/t12?,13-/m1/s1. The summed E-state index contributed by atoms with van der Waals surface area (Å²) in [6, 6.07) is 5.07. The Balaban J connectivity index is 2.36. The van der Waals surface area contributed by atoms with E-state index in [9.17, 15) is 0 Å². The Kier molecular flexibility index (Phi) is 5.47. The number of rotatable bonds is 6. The topological polar surface area (TPSA) is 24.9 Å². The number of hydrogen-bond donors (Lipinski definition) is 1. The molecule has 0 fully saturated rings. The van der Waals surface area contributed by atoms with Gasteiger partial charge in [-0.3, -0.25) is 4.98 Å². The minimum absolute atomic E-state index is 0.385. The van der Waals surface area contributed by atoms with Crippen LogP contribution in [0.3, 0.4) is 0 Å². The lowest BCUT2D eigenvalue weighted by atomic mass is 10.0. The summed E-state index contributed by atoms with van der Waals surface area (Å²) in [4.78, 5) is 4.15. The number of nitrogens with one attached hydrogen (secondary N) is 1. The van der Waals surface area contributed by atoms with E-state index in [4.69, 9.17) is 0 Å². The van der Waals surface area contributed by atoms with Crippen LogP contribution in [0.2, 0.25) is 0 Å². The SMILES string of the molecule is CC(C)CCC(C)N[C@H](C)c1cccnc1. The van der Waals surface area contributed by atoms with Crippen LogP contribution in [0, 0.1) is 5.92 Å². The molecule has 0 aliphatic rings. The van der Waals surface area contributed by atoms with E-state index in [0.717, 1.165) is 5.92 Å². The minimum Gasteiger partial charge on any atom is -0.308 e. The quantitative estimate of drug-likeness (QED) is 0.793. The molecule has 2 heteroatoms. The average Bonchev–Trinajstić information content (AvgIpc) is 2.27. The molecule has 0 radical (unpaired) electrons. The Hall–Kier alpha value is -0.890. The number of hydrogen-bond acceptors (Lipinski definition) is 2. The molecule has 90 valence electrons. The molecular weight excluding hydrogens is 196 g/mol. The molecule has 0 aromatic carbocycles. The van der Waals surface area contributed by atoms with Crippen LogP contribution in [0.25, 0.3) is 0 Å². The summed E-state index contributed by atoms with van der Waals surface area (Å²) < 4.78 is 0. The molecular formula is C14H24N2. The van der Waals surface area contributed by atoms with Gasteiger partial charge in [0, 0.05) is 24.5 Å². The van der Waals surface area contributed by atoms with Crippen molar-refractivity contribution in [1.29, 1.82) is 0 Å². The van der Waals surface area contributed by atoms with E-state index in [0.29, 0.717) is 12.1 Å². The van der Waals surface area contributed by atoms with Crippen LogP contribution in [0.15, 0.2) is 24.5 Å². The van der Waals surface area contributed by atoms with Crippen LogP contribution in [-0.4, -0.2) is 11.0 Å². The third-order valence-corrected chi connectivity index (χ3v) is 2.90. The first-order valence-corrected chi connectivity index (χ1v) is 6.25. The second-order valence-corrected chi connectivity index (χ2v) is 5.05. The zero-order chi connectivity index (χ0) is 12.0. The molecule has 1 aromatic rings. The van der Waals surface area contributed by atoms with E-state index >= 15 is 0 Å². The Bertz CT molecular complexity index is 282. The molecule has 1 heterocycles. The second kappa shape index (κ2) is 6.64. The Morgan fingerprint density at radius 2 is 1.94 bits per heavy atom. The first kappa shape index (κ1) is 13.2. The second-order valence-electron chi connectivity index (χ2n) is 5.05. The Morgan fingerprint density at radius 1 is 1.19 bits per heavy atom. The summed E-state index contributed by atoms with van der Waals surface area (Å²) in [6.07, 6.45) is 6.28. The van der Waals surface area contributed by atoms with Gasteiger partial charge in [0.05, 0.1) is 0 Å². The molecule has 2 atom stereocenters. The van der Waals surface area contributed by atoms with Crippen molar-refractivity contribution >= 4 is 0 Å². The Morgan fingerprint density at radius 3 is 2.50 bits per heavy atom. The third kappa shape index (κ3) is 4.75. The van der Waals surface area contributed by atoms with Crippen molar-refractivity contribution in [1.82, 2.24) is 10.3 Å². The molecule has 2 nitrogen and oxygen atoms in total. The molecule has 1 N–H and O–H groups in total. The summed E-state index contributed by atoms with van der Waals surface area (Å²) >= 11 is 0. The molecule has 1 rings (SSSR count). The van der Waals surface area contributed by atoms with E-state index in [1.165, 1.54) is 18.4 Å². The van der Waals surface area contributed by atoms with Crippen molar-refractivity contribution in [3.63, 3.8) is 0 Å². The smallest absolute Gasteiger partial charge is 0.0315 e. The maximum Gasteiger partial charge on any atom is 0.0315 e. The van der Waals surface area contributed by atoms with Gasteiger partial charge in [0.25, 0.3) is 0 Å². The number of aromatic nitrogens is 1. The van der Waals surface area contributed by atoms with Crippen LogP contribution < -0.4 is 5.32 Å². The van der Waals surface area contributed by atoms with Gasteiger partial charge in [-0.25, -0.2) is 0 Å². The molecule has 0 aliphatic carbocycles. The van der Waals surface area contributed by atoms with Crippen molar-refractivity contribution in [3.8, 4) is 0 Å². The van der Waals surface area contributed by atoms with Gasteiger partial charge in [0.1, 0.15) is 0 Å². The van der Waals surface area contributed by atoms with Gasteiger partial charge in [-0.1, -0.05) is 19.9 Å². The van der Waals surface area contributed by atoms with Gasteiger partial charge >= 0.3 is 0 Å². The first-order chi connectivity index (χ1) is 7.59. The molecule has 0 spiro atoms. The van der Waals surface area contributed by atoms with E-state index in [1.54, 1.807) is 0 Å². The lowest BCUT2D eigenvalue weighted by Crippen LogP contribution is -2.29. The maximum atomic E-state index is 4.15. The fourth-order valence-electron chi connectivity index (χ4n) is 1.82. The van der Waals surface area contributed by atoms with Gasteiger partial charge in [-0.05, 0) is 44.2 Å². The van der Waals surface area contributed by atoms with Crippen molar-refractivity contribution in [3.05, 3.63) is 30.1 Å². The van der Waals surface area contributed by atoms with E-state index in [-0.39, 0.29) is 0 Å². The molecule has 0 saturated carbocycles. The molecule has 1 aromatic heterocycles. The van der Waals surface area contributed by atoms with Crippen LogP contribution >= 0.6 is 0 Å². The number of pyridine rings is 1. The number of nitrogens with zero attached hydrogens (tertiary/aromatic N) is 1. The van der Waals surface area contributed by atoms with E-state index in [2.05, 4.69) is 44.1 Å². The minimum atomic E-state index is 0.385. The van der Waals surface area contributed by atoms with Gasteiger partial charge in [-0.2, -0.15) is 0 Å². The normalized spacial score (nSPS) is 15.1. The largest absolute Gasteiger partial charge is 0.308 e. The highest BCUT2D eigenvalue weighted by Crippen LogP contribution is 2.13. The maximum absolute atomic E-state index is 4.15. The lowest BCUT2D eigenvalue weighted by Gasteiger charge is -2.20. The van der Waals surface area contributed by atoms with Crippen LogP contribution in [0.4, 0.5) is 0 Å². The van der Waals surface area contributed by atoms with E-state index in [1.807, 2.05) is 18.5 Å². The lowest BCUT2D eigenvalue weighted by molar-refractivity contribution is 0.416. The average molecular weight is 220 g/mol. The van der Waals surface area contributed by atoms with Gasteiger partial charge in [0.15, 0.2) is 0 Å². The predicted octanol–water partition coefficient (Wildman–Crippen LogP) is 3.56. The fourth-order valence-corrected chi connectivity index (χ4v) is 1.82. The molecule has 0 bridgehead atoms. The first-order valence-electron chi connectivity index (χ1n) is 6.25. The van der Waals surface area contributed by atoms with Gasteiger partial charge < -0.3 is 5.32 Å². The summed E-state index contributed by atoms with van der Waals surface area (Å²) in [5.74, 6) is 0.790. The summed E-state index contributed by atoms with van der Waals surface area (Å²) in [5, 5.41) is 3.61. The fraction of sp³-hybridized carbons (Fsp3) is 0.643. The zero-order valence-corrected chi connectivity index (χ0v) is 10.9. The van der Waals surface area contributed by atoms with Crippen molar-refractivity contribution in [2.45, 2.75) is 52.6 Å². The summed E-state index contributed by atoms with van der Waals surface area (Å²) in [6.45, 7) is 9.01. The molecule has 1 unspecified atom stereocenters. The van der Waals surface area contributed by atoms with Crippen LogP contribution in [-0.2, 0) is 0 Å². The van der Waals surface area contributed by atoms with E-state index < -0.39 is 0 Å². The highest BCUT2D eigenvalue weighted by Gasteiger charge is 2.09. The predicted molar refractivity (Wildman–Crippen MR) is 69.3 cm³/mol. The molecule has 0 saturated heterocycles. The summed E-state index contributed by atoms with van der Waals surface area (Å²) in [5.41, 5.74) is 1.26. The van der Waals surface area contributed by atoms with Crippen molar-refractivity contribution < 1.29 is 0 Å². The Labute approximate surface area is 99.5 Å². The molecule has 0 aliphatic heterocycles.